The second kappa shape index (κ2) is 5.11. The zero-order valence-corrected chi connectivity index (χ0v) is 13.1. The number of amides is 1. The van der Waals surface area contributed by atoms with Crippen LogP contribution in [-0.2, 0) is 19.9 Å². The van der Waals surface area contributed by atoms with Gasteiger partial charge in [0.05, 0.1) is 5.69 Å². The van der Waals surface area contributed by atoms with Crippen molar-refractivity contribution in [3.63, 3.8) is 0 Å². The molecule has 2 aliphatic rings. The number of hydrogen-bond donors (Lipinski definition) is 2. The van der Waals surface area contributed by atoms with Crippen LogP contribution in [0.4, 0.5) is 4.79 Å². The van der Waals surface area contributed by atoms with E-state index >= 15 is 0 Å². The number of carbonyl (C=O) groups is 1. The summed E-state index contributed by atoms with van der Waals surface area (Å²) in [6.45, 7) is 1.03. The monoisotopic (exact) mass is 316 g/mol. The number of likely N-dealkylation sites (tertiary alicyclic amines) is 1. The highest BCUT2D eigenvalue weighted by atomic mass is 16.4. The smallest absolute Gasteiger partial charge is 0.407 e. The summed E-state index contributed by atoms with van der Waals surface area (Å²) in [6.07, 6.45) is 3.78. The highest BCUT2D eigenvalue weighted by Crippen LogP contribution is 2.35. The maximum atomic E-state index is 12.3. The minimum absolute atomic E-state index is 0.000310. The maximum Gasteiger partial charge on any atom is 0.407 e. The highest BCUT2D eigenvalue weighted by Gasteiger charge is 2.32. The number of carboxylic acid groups (broad SMARTS) is 1. The standard InChI is InChI=1S/C16H20N4O3/c1-19-14-12(10-4-2-3-5-11(10)15(21)17-14)13(18-19)9-6-7-20(8-9)16(22)23/h9H,2-8H2,1H3,(H,17,21)(H,22,23). The maximum absolute atomic E-state index is 12.3. The number of nitrogens with zero attached hydrogens (tertiary/aromatic N) is 3. The Labute approximate surface area is 132 Å². The Bertz CT molecular complexity index is 851. The average Bonchev–Trinajstić information content (AvgIpc) is 3.13. The number of fused-ring (bicyclic) bond motifs is 3. The molecule has 2 aromatic rings. The Morgan fingerprint density at radius 1 is 1.30 bits per heavy atom. The lowest BCUT2D eigenvalue weighted by Crippen LogP contribution is -2.26. The molecule has 0 bridgehead atoms. The first-order valence-corrected chi connectivity index (χ1v) is 8.14. The minimum atomic E-state index is -0.872. The van der Waals surface area contributed by atoms with Gasteiger partial charge >= 0.3 is 6.09 Å². The third kappa shape index (κ3) is 2.14. The molecule has 1 atom stereocenters. The molecule has 0 saturated carbocycles. The molecule has 1 aliphatic heterocycles. The highest BCUT2D eigenvalue weighted by molar-refractivity contribution is 5.84. The molecule has 1 amide bonds. The van der Waals surface area contributed by atoms with Crippen LogP contribution in [0.15, 0.2) is 4.79 Å². The van der Waals surface area contributed by atoms with Crippen molar-refractivity contribution in [2.24, 2.45) is 7.05 Å². The summed E-state index contributed by atoms with van der Waals surface area (Å²) in [7, 11) is 1.83. The van der Waals surface area contributed by atoms with Crippen LogP contribution in [0.1, 0.15) is 42.0 Å². The summed E-state index contributed by atoms with van der Waals surface area (Å²) in [6, 6.07) is 0. The van der Waals surface area contributed by atoms with E-state index in [0.29, 0.717) is 13.1 Å². The van der Waals surface area contributed by atoms with Crippen LogP contribution in [0.2, 0.25) is 0 Å². The number of hydrogen-bond acceptors (Lipinski definition) is 3. The molecular formula is C16H20N4O3. The zero-order chi connectivity index (χ0) is 16.1. The SMILES string of the molecule is Cn1nc(C2CCN(C(=O)O)C2)c2c3c(c(=O)[nH]c21)CCCC3. The van der Waals surface area contributed by atoms with Crippen LogP contribution >= 0.6 is 0 Å². The second-order valence-corrected chi connectivity index (χ2v) is 6.56. The van der Waals surface area contributed by atoms with E-state index in [1.165, 1.54) is 4.90 Å². The van der Waals surface area contributed by atoms with Gasteiger partial charge in [0, 0.05) is 37.0 Å². The summed E-state index contributed by atoms with van der Waals surface area (Å²) < 4.78 is 1.73. The van der Waals surface area contributed by atoms with Crippen LogP contribution in [0.25, 0.3) is 11.0 Å². The number of aromatic nitrogens is 3. The van der Waals surface area contributed by atoms with Gasteiger partial charge < -0.3 is 15.0 Å². The van der Waals surface area contributed by atoms with E-state index < -0.39 is 6.09 Å². The van der Waals surface area contributed by atoms with Crippen molar-refractivity contribution in [2.45, 2.75) is 38.0 Å². The third-order valence-electron chi connectivity index (χ3n) is 5.20. The van der Waals surface area contributed by atoms with Crippen molar-refractivity contribution >= 4 is 17.1 Å². The molecule has 0 spiro atoms. The van der Waals surface area contributed by atoms with E-state index in [0.717, 1.165) is 60.0 Å². The number of H-pyrrole nitrogens is 1. The fourth-order valence-corrected chi connectivity index (χ4v) is 4.04. The molecule has 4 rings (SSSR count). The lowest BCUT2D eigenvalue weighted by Gasteiger charge is -2.17. The normalized spacial score (nSPS) is 20.9. The number of nitrogens with one attached hydrogen (secondary N) is 1. The largest absolute Gasteiger partial charge is 0.465 e. The number of pyridine rings is 1. The predicted molar refractivity (Wildman–Crippen MR) is 84.9 cm³/mol. The molecule has 0 radical (unpaired) electrons. The first-order chi connectivity index (χ1) is 11.1. The molecule has 1 unspecified atom stereocenters. The van der Waals surface area contributed by atoms with E-state index in [1.54, 1.807) is 4.68 Å². The first kappa shape index (κ1) is 14.3. The van der Waals surface area contributed by atoms with Gasteiger partial charge in [-0.2, -0.15) is 5.10 Å². The van der Waals surface area contributed by atoms with Gasteiger partial charge in [-0.05, 0) is 37.7 Å². The Balaban J connectivity index is 1.88. The zero-order valence-electron chi connectivity index (χ0n) is 13.1. The predicted octanol–water partition coefficient (Wildman–Crippen LogP) is 1.61. The molecule has 23 heavy (non-hydrogen) atoms. The van der Waals surface area contributed by atoms with E-state index in [-0.39, 0.29) is 11.5 Å². The van der Waals surface area contributed by atoms with E-state index in [9.17, 15) is 14.7 Å². The van der Waals surface area contributed by atoms with Gasteiger partial charge in [0.2, 0.25) is 0 Å². The van der Waals surface area contributed by atoms with Gasteiger partial charge in [0.1, 0.15) is 5.65 Å². The van der Waals surface area contributed by atoms with Crippen LogP contribution in [0.5, 0.6) is 0 Å². The number of aromatic amines is 1. The molecule has 7 heteroatoms. The molecule has 7 nitrogen and oxygen atoms in total. The van der Waals surface area contributed by atoms with Crippen molar-refractivity contribution in [2.75, 3.05) is 13.1 Å². The Kier molecular flexibility index (Phi) is 3.18. The van der Waals surface area contributed by atoms with Crippen LogP contribution in [0.3, 0.4) is 0 Å². The van der Waals surface area contributed by atoms with Gasteiger partial charge in [-0.3, -0.25) is 9.48 Å². The Hall–Kier alpha value is -2.31. The fraction of sp³-hybridized carbons (Fsp3) is 0.562. The Morgan fingerprint density at radius 2 is 2.04 bits per heavy atom. The van der Waals surface area contributed by atoms with Gasteiger partial charge in [-0.15, -0.1) is 0 Å². The third-order valence-corrected chi connectivity index (χ3v) is 5.20. The Morgan fingerprint density at radius 3 is 2.74 bits per heavy atom. The lowest BCUT2D eigenvalue weighted by molar-refractivity contribution is 0.155. The molecule has 2 aromatic heterocycles. The summed E-state index contributed by atoms with van der Waals surface area (Å²) in [5, 5.41) is 14.9. The van der Waals surface area contributed by atoms with Crippen molar-refractivity contribution in [1.82, 2.24) is 19.7 Å². The molecular weight excluding hydrogens is 296 g/mol. The van der Waals surface area contributed by atoms with Crippen molar-refractivity contribution in [3.05, 3.63) is 27.2 Å². The summed E-state index contributed by atoms with van der Waals surface area (Å²) in [4.78, 5) is 27.9. The van der Waals surface area contributed by atoms with E-state index in [1.807, 2.05) is 7.05 Å². The van der Waals surface area contributed by atoms with Crippen LogP contribution in [0, 0.1) is 0 Å². The summed E-state index contributed by atoms with van der Waals surface area (Å²) >= 11 is 0. The minimum Gasteiger partial charge on any atom is -0.465 e. The molecule has 2 N–H and O–H groups in total. The lowest BCUT2D eigenvalue weighted by atomic mass is 9.88. The van der Waals surface area contributed by atoms with E-state index in [4.69, 9.17) is 0 Å². The average molecular weight is 316 g/mol. The van der Waals surface area contributed by atoms with Gasteiger partial charge in [-0.1, -0.05) is 0 Å². The van der Waals surface area contributed by atoms with Crippen LogP contribution < -0.4 is 5.56 Å². The molecule has 1 aliphatic carbocycles. The quantitative estimate of drug-likeness (QED) is 0.836. The van der Waals surface area contributed by atoms with Crippen molar-refractivity contribution < 1.29 is 9.90 Å². The van der Waals surface area contributed by atoms with E-state index in [2.05, 4.69) is 10.1 Å². The second-order valence-electron chi connectivity index (χ2n) is 6.56. The van der Waals surface area contributed by atoms with Gasteiger partial charge in [-0.25, -0.2) is 4.79 Å². The molecule has 3 heterocycles. The topological polar surface area (TPSA) is 91.2 Å². The molecule has 1 saturated heterocycles. The number of aryl methyl sites for hydroxylation is 2. The fourth-order valence-electron chi connectivity index (χ4n) is 4.04. The van der Waals surface area contributed by atoms with Crippen molar-refractivity contribution in [3.8, 4) is 0 Å². The van der Waals surface area contributed by atoms with Gasteiger partial charge in [0.25, 0.3) is 5.56 Å². The van der Waals surface area contributed by atoms with Gasteiger partial charge in [0.15, 0.2) is 0 Å². The molecule has 1 fully saturated rings. The molecule has 0 aromatic carbocycles. The van der Waals surface area contributed by atoms with Crippen LogP contribution in [-0.4, -0.2) is 44.0 Å². The van der Waals surface area contributed by atoms with Crippen molar-refractivity contribution in [1.29, 1.82) is 0 Å². The summed E-state index contributed by atoms with van der Waals surface area (Å²) in [5.74, 6) is 0.103. The first-order valence-electron chi connectivity index (χ1n) is 8.14. The molecule has 122 valence electrons. The summed E-state index contributed by atoms with van der Waals surface area (Å²) in [5.41, 5.74) is 3.73. The number of rotatable bonds is 1.